The molecule has 4 heteroatoms. The summed E-state index contributed by atoms with van der Waals surface area (Å²) in [6.07, 6.45) is 0.797. The van der Waals surface area contributed by atoms with E-state index in [1.165, 1.54) is 0 Å². The third-order valence-electron chi connectivity index (χ3n) is 3.59. The first-order valence-electron chi connectivity index (χ1n) is 6.85. The van der Waals surface area contributed by atoms with Crippen LogP contribution in [0.1, 0.15) is 17.0 Å². The number of benzene rings is 2. The highest BCUT2D eigenvalue weighted by Crippen LogP contribution is 2.32. The lowest BCUT2D eigenvalue weighted by Gasteiger charge is -2.18. The highest BCUT2D eigenvalue weighted by Gasteiger charge is 2.15. The first kappa shape index (κ1) is 15.7. The van der Waals surface area contributed by atoms with E-state index in [0.29, 0.717) is 12.3 Å². The number of methoxy groups -OCH3 is 2. The van der Waals surface area contributed by atoms with Crippen LogP contribution in [0.4, 0.5) is 0 Å². The summed E-state index contributed by atoms with van der Waals surface area (Å²) in [5.41, 5.74) is 8.17. The average molecular weight is 306 g/mol. The Hall–Kier alpha value is -1.71. The quantitative estimate of drug-likeness (QED) is 0.886. The minimum absolute atomic E-state index is 0.185. The van der Waals surface area contributed by atoms with Gasteiger partial charge in [0, 0.05) is 10.9 Å². The summed E-state index contributed by atoms with van der Waals surface area (Å²) in [6, 6.07) is 13.8. The van der Waals surface area contributed by atoms with Crippen molar-refractivity contribution in [3.05, 3.63) is 58.6 Å². The van der Waals surface area contributed by atoms with Crippen molar-refractivity contribution in [2.24, 2.45) is 5.73 Å². The van der Waals surface area contributed by atoms with E-state index in [0.717, 1.165) is 28.3 Å². The maximum absolute atomic E-state index is 6.23. The summed E-state index contributed by atoms with van der Waals surface area (Å²) >= 11 is 6.23. The van der Waals surface area contributed by atoms with Gasteiger partial charge in [0.2, 0.25) is 0 Å². The molecule has 0 heterocycles. The number of hydrogen-bond acceptors (Lipinski definition) is 3. The maximum atomic E-state index is 6.23. The van der Waals surface area contributed by atoms with Crippen LogP contribution in [-0.2, 0) is 6.42 Å². The van der Waals surface area contributed by atoms with Crippen LogP contribution in [-0.4, -0.2) is 20.8 Å². The number of hydrogen-bond donors (Lipinski definition) is 1. The van der Waals surface area contributed by atoms with Crippen molar-refractivity contribution in [2.75, 3.05) is 20.8 Å². The third kappa shape index (κ3) is 3.69. The summed E-state index contributed by atoms with van der Waals surface area (Å²) in [5.74, 6) is 1.62. The van der Waals surface area contributed by atoms with Crippen molar-refractivity contribution >= 4 is 11.6 Å². The molecule has 1 atom stereocenters. The van der Waals surface area contributed by atoms with E-state index >= 15 is 0 Å². The van der Waals surface area contributed by atoms with Crippen LogP contribution in [0, 0.1) is 0 Å². The van der Waals surface area contributed by atoms with Crippen molar-refractivity contribution < 1.29 is 9.47 Å². The molecule has 0 bridgehead atoms. The molecule has 112 valence electrons. The van der Waals surface area contributed by atoms with Crippen molar-refractivity contribution in [3.63, 3.8) is 0 Å². The third-order valence-corrected chi connectivity index (χ3v) is 3.96. The highest BCUT2D eigenvalue weighted by molar-refractivity contribution is 6.31. The normalized spacial score (nSPS) is 12.0. The summed E-state index contributed by atoms with van der Waals surface area (Å²) in [5, 5.41) is 0.774. The summed E-state index contributed by atoms with van der Waals surface area (Å²) < 4.78 is 10.6. The predicted octanol–water partition coefficient (Wildman–Crippen LogP) is 3.64. The van der Waals surface area contributed by atoms with Gasteiger partial charge >= 0.3 is 0 Å². The molecule has 0 aliphatic rings. The Kier molecular flexibility index (Phi) is 5.48. The minimum Gasteiger partial charge on any atom is -0.493 e. The lowest BCUT2D eigenvalue weighted by molar-refractivity contribution is 0.354. The van der Waals surface area contributed by atoms with Crippen LogP contribution in [0.25, 0.3) is 0 Å². The van der Waals surface area contributed by atoms with Gasteiger partial charge in [-0.05, 0) is 42.3 Å². The van der Waals surface area contributed by atoms with Crippen LogP contribution in [0.5, 0.6) is 11.5 Å². The van der Waals surface area contributed by atoms with E-state index in [2.05, 4.69) is 0 Å². The summed E-state index contributed by atoms with van der Waals surface area (Å²) in [6.45, 7) is 0.542. The van der Waals surface area contributed by atoms with Crippen molar-refractivity contribution in [1.82, 2.24) is 0 Å². The van der Waals surface area contributed by atoms with Gasteiger partial charge in [-0.3, -0.25) is 0 Å². The molecule has 0 saturated carbocycles. The largest absolute Gasteiger partial charge is 0.493 e. The average Bonchev–Trinajstić information content (AvgIpc) is 2.53. The number of ether oxygens (including phenoxy) is 2. The molecular formula is C17H20ClNO2. The zero-order chi connectivity index (χ0) is 15.2. The standard InChI is InChI=1S/C17H20ClNO2/c1-20-16-8-7-12(10-17(16)21-2)14(11-19)9-13-5-3-4-6-15(13)18/h3-8,10,14H,9,11,19H2,1-2H3. The first-order valence-corrected chi connectivity index (χ1v) is 7.22. The van der Waals surface area contributed by atoms with Gasteiger partial charge in [0.1, 0.15) is 0 Å². The second-order valence-corrected chi connectivity index (χ2v) is 5.25. The smallest absolute Gasteiger partial charge is 0.160 e. The Labute approximate surface area is 130 Å². The second kappa shape index (κ2) is 7.34. The number of halogens is 1. The van der Waals surface area contributed by atoms with Gasteiger partial charge in [0.15, 0.2) is 11.5 Å². The summed E-state index contributed by atoms with van der Waals surface area (Å²) in [4.78, 5) is 0. The van der Waals surface area contributed by atoms with Gasteiger partial charge in [-0.15, -0.1) is 0 Å². The fraction of sp³-hybridized carbons (Fsp3) is 0.294. The van der Waals surface area contributed by atoms with Crippen LogP contribution in [0.3, 0.4) is 0 Å². The molecule has 2 N–H and O–H groups in total. The number of nitrogens with two attached hydrogens (primary N) is 1. The zero-order valence-corrected chi connectivity index (χ0v) is 13.1. The Morgan fingerprint density at radius 3 is 2.38 bits per heavy atom. The highest BCUT2D eigenvalue weighted by atomic mass is 35.5. The second-order valence-electron chi connectivity index (χ2n) is 4.84. The van der Waals surface area contributed by atoms with Crippen molar-refractivity contribution in [2.45, 2.75) is 12.3 Å². The first-order chi connectivity index (χ1) is 10.2. The molecule has 0 saturated heterocycles. The van der Waals surface area contributed by atoms with Gasteiger partial charge < -0.3 is 15.2 Å². The van der Waals surface area contributed by atoms with Gasteiger partial charge in [0.05, 0.1) is 14.2 Å². The SMILES string of the molecule is COc1ccc(C(CN)Cc2ccccc2Cl)cc1OC. The predicted molar refractivity (Wildman–Crippen MR) is 86.5 cm³/mol. The molecule has 2 aromatic carbocycles. The van der Waals surface area contributed by atoms with Crippen LogP contribution >= 0.6 is 11.6 Å². The van der Waals surface area contributed by atoms with E-state index in [1.807, 2.05) is 42.5 Å². The van der Waals surface area contributed by atoms with Crippen LogP contribution in [0.15, 0.2) is 42.5 Å². The number of rotatable bonds is 6. The Morgan fingerprint density at radius 1 is 1.05 bits per heavy atom. The van der Waals surface area contributed by atoms with E-state index in [-0.39, 0.29) is 5.92 Å². The molecule has 3 nitrogen and oxygen atoms in total. The van der Waals surface area contributed by atoms with E-state index in [4.69, 9.17) is 26.8 Å². The monoisotopic (exact) mass is 305 g/mol. The molecule has 0 aromatic heterocycles. The summed E-state index contributed by atoms with van der Waals surface area (Å²) in [7, 11) is 3.26. The van der Waals surface area contributed by atoms with Crippen molar-refractivity contribution in [3.8, 4) is 11.5 Å². The molecule has 2 rings (SSSR count). The lowest BCUT2D eigenvalue weighted by Crippen LogP contribution is -2.15. The Balaban J connectivity index is 2.27. The molecule has 2 aromatic rings. The van der Waals surface area contributed by atoms with Gasteiger partial charge in [-0.25, -0.2) is 0 Å². The molecule has 0 spiro atoms. The Morgan fingerprint density at radius 2 is 1.76 bits per heavy atom. The molecule has 0 aliphatic carbocycles. The minimum atomic E-state index is 0.185. The van der Waals surface area contributed by atoms with Crippen molar-refractivity contribution in [1.29, 1.82) is 0 Å². The van der Waals surface area contributed by atoms with E-state index in [1.54, 1.807) is 14.2 Å². The lowest BCUT2D eigenvalue weighted by atomic mass is 9.92. The van der Waals surface area contributed by atoms with Gasteiger partial charge in [-0.1, -0.05) is 35.9 Å². The van der Waals surface area contributed by atoms with E-state index < -0.39 is 0 Å². The molecule has 0 fully saturated rings. The zero-order valence-electron chi connectivity index (χ0n) is 12.3. The van der Waals surface area contributed by atoms with Crippen LogP contribution in [0.2, 0.25) is 5.02 Å². The maximum Gasteiger partial charge on any atom is 0.160 e. The molecular weight excluding hydrogens is 286 g/mol. The topological polar surface area (TPSA) is 44.5 Å². The van der Waals surface area contributed by atoms with Crippen LogP contribution < -0.4 is 15.2 Å². The molecule has 0 aliphatic heterocycles. The molecule has 1 unspecified atom stereocenters. The van der Waals surface area contributed by atoms with E-state index in [9.17, 15) is 0 Å². The molecule has 0 radical (unpaired) electrons. The fourth-order valence-corrected chi connectivity index (χ4v) is 2.59. The Bertz CT molecular complexity index is 601. The van der Waals surface area contributed by atoms with Gasteiger partial charge in [-0.2, -0.15) is 0 Å². The fourth-order valence-electron chi connectivity index (χ4n) is 2.37. The van der Waals surface area contributed by atoms with Gasteiger partial charge in [0.25, 0.3) is 0 Å². The molecule has 21 heavy (non-hydrogen) atoms. The molecule has 0 amide bonds.